The average Bonchev–Trinajstić information content (AvgIpc) is 2.98. The normalized spacial score (nSPS) is 15.0. The Balaban J connectivity index is 0.00000800. The van der Waals surface area contributed by atoms with E-state index in [4.69, 9.17) is 15.2 Å². The molecule has 0 unspecified atom stereocenters. The number of hydrogen-bond acceptors (Lipinski definition) is 4. The first-order chi connectivity index (χ1) is 19.2. The lowest BCUT2D eigenvalue weighted by Crippen LogP contribution is -2.47. The zero-order valence-corrected chi connectivity index (χ0v) is 28.4. The number of nitrogens with two attached hydrogens (primary N) is 1. The van der Waals surface area contributed by atoms with Crippen LogP contribution in [0.2, 0.25) is 0 Å². The molecule has 0 bridgehead atoms. The van der Waals surface area contributed by atoms with Crippen molar-refractivity contribution in [2.24, 2.45) is 5.73 Å². The minimum Gasteiger partial charge on any atom is -0.353 e. The van der Waals surface area contributed by atoms with Gasteiger partial charge in [0.25, 0.3) is 0 Å². The Morgan fingerprint density at radius 3 is 1.56 bits per heavy atom. The number of halogens is 2. The van der Waals surface area contributed by atoms with E-state index in [1.165, 1.54) is 95.5 Å². The molecule has 1 aliphatic heterocycles. The number of piperidine rings is 1. The highest BCUT2D eigenvalue weighted by atomic mass is 35.5. The molecular formula is C35H66Cl2N2O2. The molecular weight excluding hydrogens is 551 g/mol. The Kier molecular flexibility index (Phi) is 27.0. The zero-order chi connectivity index (χ0) is 27.9. The van der Waals surface area contributed by atoms with Gasteiger partial charge in [-0.2, -0.15) is 0 Å². The van der Waals surface area contributed by atoms with Gasteiger partial charge in [-0.25, -0.2) is 0 Å². The summed E-state index contributed by atoms with van der Waals surface area (Å²) in [4.78, 5) is 2.60. The molecule has 1 aromatic rings. The van der Waals surface area contributed by atoms with Crippen molar-refractivity contribution >= 4 is 24.8 Å². The van der Waals surface area contributed by atoms with E-state index >= 15 is 0 Å². The standard InChI is InChI=1S/C35H64N2O2.2ClH/c1-3-5-7-9-11-13-15-20-30-38-34(39-31-21-16-14-12-10-8-6-4-2)24-27-37-28-25-35(32-36,26-29-37)33-22-18-17-19-23-33;;/h17-19,22-23,34H,3-16,20-21,24-32,36H2,1-2H3;2*1H. The highest BCUT2D eigenvalue weighted by molar-refractivity contribution is 5.85. The first kappa shape index (κ1) is 40.6. The third kappa shape index (κ3) is 18.1. The Hall–Kier alpha value is -0.360. The second kappa shape index (κ2) is 27.2. The summed E-state index contributed by atoms with van der Waals surface area (Å²) in [7, 11) is 0. The smallest absolute Gasteiger partial charge is 0.158 e. The molecule has 6 heteroatoms. The van der Waals surface area contributed by atoms with Crippen LogP contribution in [0.4, 0.5) is 0 Å². The predicted molar refractivity (Wildman–Crippen MR) is 183 cm³/mol. The van der Waals surface area contributed by atoms with Crippen LogP contribution < -0.4 is 5.73 Å². The lowest BCUT2D eigenvalue weighted by Gasteiger charge is -2.42. The summed E-state index contributed by atoms with van der Waals surface area (Å²) in [6.07, 6.45) is 24.5. The van der Waals surface area contributed by atoms with Gasteiger partial charge in [0.2, 0.25) is 0 Å². The molecule has 1 saturated heterocycles. The molecule has 1 heterocycles. The predicted octanol–water partition coefficient (Wildman–Crippen LogP) is 9.85. The lowest BCUT2D eigenvalue weighted by atomic mass is 9.73. The fourth-order valence-corrected chi connectivity index (χ4v) is 6.01. The molecule has 0 saturated carbocycles. The van der Waals surface area contributed by atoms with E-state index in [0.717, 1.165) is 71.5 Å². The number of benzene rings is 1. The Morgan fingerprint density at radius 1 is 0.683 bits per heavy atom. The van der Waals surface area contributed by atoms with Crippen molar-refractivity contribution in [1.29, 1.82) is 0 Å². The zero-order valence-electron chi connectivity index (χ0n) is 26.8. The van der Waals surface area contributed by atoms with Crippen LogP contribution >= 0.6 is 24.8 Å². The molecule has 1 fully saturated rings. The Bertz CT molecular complexity index is 649. The fraction of sp³-hybridized carbons (Fsp3) is 0.829. The lowest BCUT2D eigenvalue weighted by molar-refractivity contribution is -0.149. The van der Waals surface area contributed by atoms with Gasteiger partial charge in [0.05, 0.1) is 0 Å². The molecule has 2 N–H and O–H groups in total. The summed E-state index contributed by atoms with van der Waals surface area (Å²) < 4.78 is 12.6. The van der Waals surface area contributed by atoms with Gasteiger partial charge in [-0.15, -0.1) is 24.8 Å². The molecule has 0 amide bonds. The van der Waals surface area contributed by atoms with E-state index in [9.17, 15) is 0 Å². The monoisotopic (exact) mass is 616 g/mol. The summed E-state index contributed by atoms with van der Waals surface area (Å²) in [5.41, 5.74) is 7.86. The first-order valence-corrected chi connectivity index (χ1v) is 16.9. The molecule has 0 aromatic heterocycles. The molecule has 0 spiro atoms. The van der Waals surface area contributed by atoms with Crippen molar-refractivity contribution < 1.29 is 9.47 Å². The van der Waals surface area contributed by atoms with Crippen LogP contribution in [0.15, 0.2) is 30.3 Å². The Morgan fingerprint density at radius 2 is 1.12 bits per heavy atom. The van der Waals surface area contributed by atoms with Gasteiger partial charge in [0.15, 0.2) is 6.29 Å². The maximum absolute atomic E-state index is 6.32. The molecule has 0 radical (unpaired) electrons. The van der Waals surface area contributed by atoms with Gasteiger partial charge in [0.1, 0.15) is 0 Å². The summed E-state index contributed by atoms with van der Waals surface area (Å²) in [6.45, 7) is 10.2. The number of unbranched alkanes of at least 4 members (excludes halogenated alkanes) is 14. The molecule has 41 heavy (non-hydrogen) atoms. The van der Waals surface area contributed by atoms with Crippen LogP contribution in [0, 0.1) is 0 Å². The van der Waals surface area contributed by atoms with Crippen molar-refractivity contribution in [3.05, 3.63) is 35.9 Å². The van der Waals surface area contributed by atoms with Crippen LogP contribution in [0.5, 0.6) is 0 Å². The van der Waals surface area contributed by atoms with Gasteiger partial charge < -0.3 is 20.1 Å². The minimum atomic E-state index is -0.0607. The fourth-order valence-electron chi connectivity index (χ4n) is 6.01. The number of rotatable bonds is 25. The van der Waals surface area contributed by atoms with Crippen molar-refractivity contribution in [2.45, 2.75) is 148 Å². The molecule has 0 aliphatic carbocycles. The van der Waals surface area contributed by atoms with E-state index < -0.39 is 0 Å². The van der Waals surface area contributed by atoms with E-state index in [1.807, 2.05) is 0 Å². The third-order valence-electron chi connectivity index (χ3n) is 8.87. The maximum Gasteiger partial charge on any atom is 0.158 e. The van der Waals surface area contributed by atoms with Crippen LogP contribution in [-0.2, 0) is 14.9 Å². The minimum absolute atomic E-state index is 0. The van der Waals surface area contributed by atoms with Crippen LogP contribution in [-0.4, -0.2) is 50.6 Å². The van der Waals surface area contributed by atoms with Crippen molar-refractivity contribution in [3.8, 4) is 0 Å². The number of nitrogens with zero attached hydrogens (tertiary/aromatic N) is 1. The Labute approximate surface area is 267 Å². The van der Waals surface area contributed by atoms with Crippen LogP contribution in [0.3, 0.4) is 0 Å². The SMILES string of the molecule is CCCCCCCCCCOC(CCN1CCC(CN)(c2ccccc2)CC1)OCCCCCCCCCC.Cl.Cl. The molecule has 4 nitrogen and oxygen atoms in total. The summed E-state index contributed by atoms with van der Waals surface area (Å²) >= 11 is 0. The van der Waals surface area contributed by atoms with E-state index in [1.54, 1.807) is 0 Å². The van der Waals surface area contributed by atoms with Crippen molar-refractivity contribution in [2.75, 3.05) is 39.4 Å². The summed E-state index contributed by atoms with van der Waals surface area (Å²) in [5.74, 6) is 0. The molecule has 0 atom stereocenters. The molecule has 2 rings (SSSR count). The number of likely N-dealkylation sites (tertiary alicyclic amines) is 1. The topological polar surface area (TPSA) is 47.7 Å². The largest absolute Gasteiger partial charge is 0.353 e. The van der Waals surface area contributed by atoms with E-state index in [-0.39, 0.29) is 36.5 Å². The van der Waals surface area contributed by atoms with Crippen molar-refractivity contribution in [1.82, 2.24) is 4.90 Å². The number of hydrogen-bond donors (Lipinski definition) is 1. The molecule has 242 valence electrons. The first-order valence-electron chi connectivity index (χ1n) is 16.9. The second-order valence-corrected chi connectivity index (χ2v) is 12.1. The highest BCUT2D eigenvalue weighted by Crippen LogP contribution is 2.34. The van der Waals surface area contributed by atoms with Gasteiger partial charge in [0, 0.05) is 38.1 Å². The number of ether oxygens (including phenoxy) is 2. The van der Waals surface area contributed by atoms with Crippen molar-refractivity contribution in [3.63, 3.8) is 0 Å². The van der Waals surface area contributed by atoms with Gasteiger partial charge in [-0.1, -0.05) is 134 Å². The van der Waals surface area contributed by atoms with Gasteiger partial charge in [-0.05, 0) is 44.3 Å². The second-order valence-electron chi connectivity index (χ2n) is 12.1. The third-order valence-corrected chi connectivity index (χ3v) is 8.87. The van der Waals surface area contributed by atoms with E-state index in [0.29, 0.717) is 0 Å². The molecule has 1 aromatic carbocycles. The maximum atomic E-state index is 6.32. The quantitative estimate of drug-likeness (QED) is 0.0876. The summed E-state index contributed by atoms with van der Waals surface area (Å²) in [6, 6.07) is 10.9. The van der Waals surface area contributed by atoms with Crippen LogP contribution in [0.1, 0.15) is 141 Å². The molecule has 1 aliphatic rings. The summed E-state index contributed by atoms with van der Waals surface area (Å²) in [5, 5.41) is 0. The van der Waals surface area contributed by atoms with Gasteiger partial charge >= 0.3 is 0 Å². The highest BCUT2D eigenvalue weighted by Gasteiger charge is 2.34. The average molecular weight is 618 g/mol. The van der Waals surface area contributed by atoms with Gasteiger partial charge in [-0.3, -0.25) is 0 Å². The van der Waals surface area contributed by atoms with E-state index in [2.05, 4.69) is 49.1 Å². The van der Waals surface area contributed by atoms with Crippen LogP contribution in [0.25, 0.3) is 0 Å².